The minimum Gasteiger partial charge on any atom is -0.449 e. The van der Waals surface area contributed by atoms with Crippen LogP contribution in [0.5, 0.6) is 0 Å². The van der Waals surface area contributed by atoms with Gasteiger partial charge in [0.05, 0.1) is 18.7 Å². The number of ether oxygens (including phenoxy) is 1. The predicted octanol–water partition coefficient (Wildman–Crippen LogP) is 3.67. The Labute approximate surface area is 227 Å². The molecule has 2 aromatic rings. The van der Waals surface area contributed by atoms with E-state index in [1.807, 2.05) is 0 Å². The predicted molar refractivity (Wildman–Crippen MR) is 132 cm³/mol. The van der Waals surface area contributed by atoms with E-state index in [4.69, 9.17) is 10.5 Å². The summed E-state index contributed by atoms with van der Waals surface area (Å²) in [6, 6.07) is 6.86. The van der Waals surface area contributed by atoms with Gasteiger partial charge in [-0.15, -0.1) is 0 Å². The maximum absolute atomic E-state index is 14.4. The van der Waals surface area contributed by atoms with Gasteiger partial charge in [0.15, 0.2) is 0 Å². The van der Waals surface area contributed by atoms with E-state index >= 15 is 0 Å². The molecule has 0 bridgehead atoms. The van der Waals surface area contributed by atoms with Gasteiger partial charge in [0.1, 0.15) is 23.8 Å². The monoisotopic (exact) mass is 568 g/mol. The van der Waals surface area contributed by atoms with Crippen molar-refractivity contribution >= 4 is 17.9 Å². The highest BCUT2D eigenvalue weighted by atomic mass is 19.4. The Morgan fingerprint density at radius 1 is 1.07 bits per heavy atom. The fourth-order valence-corrected chi connectivity index (χ4v) is 5.14. The second-order valence-corrected chi connectivity index (χ2v) is 9.65. The van der Waals surface area contributed by atoms with E-state index in [0.717, 1.165) is 24.3 Å². The molecule has 4 rings (SSSR count). The Morgan fingerprint density at radius 3 is 2.55 bits per heavy atom. The van der Waals surface area contributed by atoms with E-state index in [-0.39, 0.29) is 69.1 Å². The lowest BCUT2D eigenvalue weighted by Crippen LogP contribution is -2.71. The molecule has 2 aromatic carbocycles. The smallest absolute Gasteiger partial charge is 0.416 e. The van der Waals surface area contributed by atoms with Crippen LogP contribution in [0.25, 0.3) is 0 Å². The third-order valence-corrected chi connectivity index (χ3v) is 7.06. The van der Waals surface area contributed by atoms with Crippen LogP contribution in [0.1, 0.15) is 36.0 Å². The Morgan fingerprint density at radius 2 is 1.82 bits per heavy atom. The summed E-state index contributed by atoms with van der Waals surface area (Å²) in [5, 5.41) is 0. The van der Waals surface area contributed by atoms with Crippen LogP contribution in [0.4, 0.5) is 26.7 Å². The largest absolute Gasteiger partial charge is 0.449 e. The lowest BCUT2D eigenvalue weighted by molar-refractivity contribution is -0.169. The summed E-state index contributed by atoms with van der Waals surface area (Å²) in [6.07, 6.45) is -6.09. The molecule has 0 aromatic heterocycles. The number of benzene rings is 2. The number of nitrogens with zero attached hydrogens (tertiary/aromatic N) is 3. The number of rotatable bonds is 8. The van der Waals surface area contributed by atoms with Crippen LogP contribution in [-0.4, -0.2) is 71.1 Å². The number of hydrogen-bond donors (Lipinski definition) is 1. The quantitative estimate of drug-likeness (QED) is 0.491. The van der Waals surface area contributed by atoms with E-state index in [1.54, 1.807) is 0 Å². The molecule has 0 spiro atoms. The zero-order valence-corrected chi connectivity index (χ0v) is 21.5. The molecule has 216 valence electrons. The first kappa shape index (κ1) is 29.2. The molecule has 8 nitrogen and oxygen atoms in total. The summed E-state index contributed by atoms with van der Waals surface area (Å²) in [7, 11) is 0. The molecule has 2 aliphatic rings. The Hall–Kier alpha value is -3.74. The van der Waals surface area contributed by atoms with Crippen LogP contribution < -0.4 is 5.73 Å². The summed E-state index contributed by atoms with van der Waals surface area (Å²) in [6.45, 7) is -0.641. The molecular weight excluding hydrogens is 539 g/mol. The van der Waals surface area contributed by atoms with Gasteiger partial charge < -0.3 is 20.3 Å². The van der Waals surface area contributed by atoms with Crippen LogP contribution >= 0.6 is 0 Å². The summed E-state index contributed by atoms with van der Waals surface area (Å²) in [4.78, 5) is 43.3. The molecule has 40 heavy (non-hydrogen) atoms. The first-order valence-corrected chi connectivity index (χ1v) is 12.8. The Bertz CT molecular complexity index is 1260. The normalized spacial score (nSPS) is 19.6. The molecule has 0 saturated carbocycles. The molecule has 2 saturated heterocycles. The fraction of sp³-hybridized carbons (Fsp3) is 0.444. The Kier molecular flexibility index (Phi) is 8.92. The number of fused-ring (bicyclic) bond motifs is 1. The third-order valence-electron chi connectivity index (χ3n) is 7.06. The highest BCUT2D eigenvalue weighted by molar-refractivity contribution is 5.90. The molecule has 2 heterocycles. The van der Waals surface area contributed by atoms with E-state index in [2.05, 4.69) is 0 Å². The minimum absolute atomic E-state index is 0.0355. The molecule has 3 amide bonds. The molecule has 0 radical (unpaired) electrons. The van der Waals surface area contributed by atoms with Crippen LogP contribution in [0, 0.1) is 11.6 Å². The van der Waals surface area contributed by atoms with E-state index in [0.29, 0.717) is 6.42 Å². The molecule has 1 unspecified atom stereocenters. The van der Waals surface area contributed by atoms with E-state index in [1.165, 1.54) is 32.9 Å². The number of nitrogens with two attached hydrogens (primary N) is 1. The number of carbonyl (C=O) groups excluding carboxylic acids is 3. The van der Waals surface area contributed by atoms with E-state index < -0.39 is 47.6 Å². The van der Waals surface area contributed by atoms with Gasteiger partial charge in [-0.1, -0.05) is 18.2 Å². The minimum atomic E-state index is -4.56. The average Bonchev–Trinajstić information content (AvgIpc) is 2.90. The fourth-order valence-electron chi connectivity index (χ4n) is 5.14. The van der Waals surface area contributed by atoms with E-state index in [9.17, 15) is 36.3 Å². The van der Waals surface area contributed by atoms with Gasteiger partial charge in [-0.05, 0) is 49.2 Å². The second kappa shape index (κ2) is 12.2. The number of halogens is 5. The standard InChI is InChI=1S/C27H29F5N4O4/c28-19-7-8-21(29)18(14-19)15-34-16-23-35(12-9-24(37)36(23)22(25(34)38)6-3-11-33)26(39)40-13-10-17-4-1-2-5-20(17)27(30,31)32/h1-2,4-5,7-8,14,22-23H,3,6,9-13,15-16,33H2/t22?,23-/m1/s1. The van der Waals surface area contributed by atoms with Crippen molar-refractivity contribution in [3.8, 4) is 0 Å². The van der Waals surface area contributed by atoms with Crippen molar-refractivity contribution in [2.24, 2.45) is 5.73 Å². The first-order valence-electron chi connectivity index (χ1n) is 12.8. The van der Waals surface area contributed by atoms with Gasteiger partial charge in [0, 0.05) is 31.5 Å². The first-order chi connectivity index (χ1) is 19.0. The van der Waals surface area contributed by atoms with Crippen LogP contribution in [0.3, 0.4) is 0 Å². The number of carbonyl (C=O) groups is 3. The lowest BCUT2D eigenvalue weighted by Gasteiger charge is -2.51. The second-order valence-electron chi connectivity index (χ2n) is 9.65. The number of amides is 3. The molecule has 2 aliphatic heterocycles. The molecule has 13 heteroatoms. The summed E-state index contributed by atoms with van der Waals surface area (Å²) in [5.41, 5.74) is 4.70. The van der Waals surface area contributed by atoms with Crippen molar-refractivity contribution in [1.82, 2.24) is 14.7 Å². The van der Waals surface area contributed by atoms with Crippen LogP contribution in [0.2, 0.25) is 0 Å². The van der Waals surface area contributed by atoms with Crippen molar-refractivity contribution < 1.29 is 41.1 Å². The number of alkyl halides is 3. The molecular formula is C27H29F5N4O4. The highest BCUT2D eigenvalue weighted by Crippen LogP contribution is 2.32. The third kappa shape index (κ3) is 6.35. The van der Waals surface area contributed by atoms with Crippen LogP contribution in [-0.2, 0) is 33.5 Å². The number of hydrogen-bond acceptors (Lipinski definition) is 5. The van der Waals surface area contributed by atoms with Crippen molar-refractivity contribution in [3.63, 3.8) is 0 Å². The van der Waals surface area contributed by atoms with Crippen molar-refractivity contribution in [3.05, 3.63) is 70.8 Å². The summed E-state index contributed by atoms with van der Waals surface area (Å²) >= 11 is 0. The van der Waals surface area contributed by atoms with Gasteiger partial charge in [-0.2, -0.15) is 13.2 Å². The molecule has 2 atom stereocenters. The van der Waals surface area contributed by atoms with Crippen molar-refractivity contribution in [2.45, 2.75) is 50.6 Å². The van der Waals surface area contributed by atoms with Crippen molar-refractivity contribution in [1.29, 1.82) is 0 Å². The summed E-state index contributed by atoms with van der Waals surface area (Å²) in [5.74, 6) is -2.25. The van der Waals surface area contributed by atoms with Crippen LogP contribution in [0.15, 0.2) is 42.5 Å². The topological polar surface area (TPSA) is 96.2 Å². The SMILES string of the molecule is NCCCC1C(=O)N(Cc2cc(F)ccc2F)C[C@@H]2N(C(=O)OCCc3ccccc3C(F)(F)F)CCC(=O)N12. The zero-order chi connectivity index (χ0) is 29.0. The lowest BCUT2D eigenvalue weighted by atomic mass is 9.99. The van der Waals surface area contributed by atoms with Crippen molar-refractivity contribution in [2.75, 3.05) is 26.2 Å². The summed E-state index contributed by atoms with van der Waals surface area (Å²) < 4.78 is 73.4. The average molecular weight is 569 g/mol. The highest BCUT2D eigenvalue weighted by Gasteiger charge is 2.49. The van der Waals surface area contributed by atoms with Gasteiger partial charge in [0.2, 0.25) is 11.8 Å². The molecule has 2 N–H and O–H groups in total. The van der Waals surface area contributed by atoms with Gasteiger partial charge in [0.25, 0.3) is 0 Å². The van der Waals surface area contributed by atoms with Gasteiger partial charge in [-0.3, -0.25) is 14.5 Å². The number of piperazine rings is 1. The zero-order valence-electron chi connectivity index (χ0n) is 21.5. The van der Waals surface area contributed by atoms with Gasteiger partial charge in [-0.25, -0.2) is 13.6 Å². The maximum Gasteiger partial charge on any atom is 0.416 e. The van der Waals surface area contributed by atoms with Gasteiger partial charge >= 0.3 is 12.3 Å². The molecule has 2 fully saturated rings. The maximum atomic E-state index is 14.4. The molecule has 0 aliphatic carbocycles. The Balaban J connectivity index is 1.53.